The Kier molecular flexibility index (Phi) is 2.41. The first-order chi connectivity index (χ1) is 7.63. The smallest absolute Gasteiger partial charge is 0.193 e. The van der Waals surface area contributed by atoms with Gasteiger partial charge in [0.05, 0.1) is 11.4 Å². The first kappa shape index (κ1) is 10.3. The van der Waals surface area contributed by atoms with Crippen LogP contribution in [-0.2, 0) is 0 Å². The Morgan fingerprint density at radius 3 is 2.56 bits per heavy atom. The molecule has 0 aliphatic heterocycles. The second-order valence-electron chi connectivity index (χ2n) is 3.62. The summed E-state index contributed by atoms with van der Waals surface area (Å²) in [6, 6.07) is 4.01. The minimum atomic E-state index is 0.485. The van der Waals surface area contributed by atoms with Gasteiger partial charge in [-0.1, -0.05) is 0 Å². The third-order valence-electron chi connectivity index (χ3n) is 2.49. The zero-order chi connectivity index (χ0) is 11.7. The lowest BCUT2D eigenvalue weighted by molar-refractivity contribution is 0.788. The Balaban J connectivity index is 2.67. The first-order valence-corrected chi connectivity index (χ1v) is 4.90. The molecule has 0 amide bonds. The fourth-order valence-corrected chi connectivity index (χ4v) is 1.42. The minimum Gasteiger partial charge on any atom is -0.219 e. The van der Waals surface area contributed by atoms with Crippen molar-refractivity contribution in [2.75, 3.05) is 0 Å². The van der Waals surface area contributed by atoms with E-state index in [1.165, 1.54) is 0 Å². The van der Waals surface area contributed by atoms with Crippen LogP contribution in [0.5, 0.6) is 0 Å². The average molecular weight is 213 g/mol. The number of aryl methyl sites for hydroxylation is 2. The van der Waals surface area contributed by atoms with Gasteiger partial charge in [0.15, 0.2) is 5.82 Å². The van der Waals surface area contributed by atoms with E-state index in [-0.39, 0.29) is 0 Å². The number of rotatable bonds is 1. The number of nitriles is 1. The summed E-state index contributed by atoms with van der Waals surface area (Å²) in [6.45, 7) is 5.58. The van der Waals surface area contributed by atoms with E-state index in [9.17, 15) is 0 Å². The molecule has 0 saturated carbocycles. The molecule has 0 unspecified atom stereocenters. The van der Waals surface area contributed by atoms with E-state index in [2.05, 4.69) is 21.4 Å². The van der Waals surface area contributed by atoms with Crippen LogP contribution in [0.4, 0.5) is 0 Å². The van der Waals surface area contributed by atoms with E-state index in [4.69, 9.17) is 5.26 Å². The van der Waals surface area contributed by atoms with Crippen LogP contribution in [0.1, 0.15) is 22.5 Å². The molecule has 5 nitrogen and oxygen atoms in total. The van der Waals surface area contributed by atoms with Gasteiger partial charge in [-0.15, -0.1) is 5.10 Å². The van der Waals surface area contributed by atoms with Crippen molar-refractivity contribution in [2.24, 2.45) is 0 Å². The highest BCUT2D eigenvalue weighted by Crippen LogP contribution is 2.15. The topological polar surface area (TPSA) is 67.4 Å². The molecule has 0 aliphatic rings. The summed E-state index contributed by atoms with van der Waals surface area (Å²) in [5.74, 6) is 0.485. The minimum absolute atomic E-state index is 0.485. The Bertz CT molecular complexity index is 577. The molecule has 2 aromatic rings. The second kappa shape index (κ2) is 3.74. The van der Waals surface area contributed by atoms with Gasteiger partial charge in [-0.05, 0) is 32.4 Å². The van der Waals surface area contributed by atoms with Crippen LogP contribution in [0.2, 0.25) is 0 Å². The quantitative estimate of drug-likeness (QED) is 0.719. The Labute approximate surface area is 93.4 Å². The van der Waals surface area contributed by atoms with Gasteiger partial charge in [0, 0.05) is 6.20 Å². The van der Waals surface area contributed by atoms with E-state index in [1.807, 2.05) is 26.8 Å². The van der Waals surface area contributed by atoms with Crippen LogP contribution in [0.25, 0.3) is 5.82 Å². The van der Waals surface area contributed by atoms with Crippen LogP contribution in [0.3, 0.4) is 0 Å². The lowest BCUT2D eigenvalue weighted by Crippen LogP contribution is -2.07. The summed E-state index contributed by atoms with van der Waals surface area (Å²) in [7, 11) is 0. The summed E-state index contributed by atoms with van der Waals surface area (Å²) in [6.07, 6.45) is 1.77. The fourth-order valence-electron chi connectivity index (χ4n) is 1.42. The van der Waals surface area contributed by atoms with Crippen LogP contribution in [0, 0.1) is 32.1 Å². The van der Waals surface area contributed by atoms with E-state index >= 15 is 0 Å². The van der Waals surface area contributed by atoms with Crippen molar-refractivity contribution >= 4 is 0 Å². The molecule has 2 aromatic heterocycles. The number of nitrogens with zero attached hydrogens (tertiary/aromatic N) is 5. The third-order valence-corrected chi connectivity index (χ3v) is 2.49. The van der Waals surface area contributed by atoms with Crippen LogP contribution in [-0.4, -0.2) is 20.0 Å². The third kappa shape index (κ3) is 1.54. The molecule has 0 fully saturated rings. The molecule has 0 spiro atoms. The summed E-state index contributed by atoms with van der Waals surface area (Å²) in [5, 5.41) is 21.4. The van der Waals surface area contributed by atoms with Gasteiger partial charge < -0.3 is 0 Å². The van der Waals surface area contributed by atoms with Crippen molar-refractivity contribution in [1.29, 1.82) is 5.26 Å². The predicted octanol–water partition coefficient (Wildman–Crippen LogP) is 1.46. The molecule has 5 heteroatoms. The Hall–Kier alpha value is -2.22. The van der Waals surface area contributed by atoms with Gasteiger partial charge >= 0.3 is 0 Å². The van der Waals surface area contributed by atoms with Gasteiger partial charge in [0.1, 0.15) is 11.6 Å². The summed E-state index contributed by atoms with van der Waals surface area (Å²) in [4.78, 5) is 0. The van der Waals surface area contributed by atoms with Crippen LogP contribution in [0.15, 0.2) is 12.3 Å². The molecule has 0 N–H and O–H groups in total. The van der Waals surface area contributed by atoms with Crippen molar-refractivity contribution < 1.29 is 0 Å². The maximum atomic E-state index is 9.13. The molecule has 80 valence electrons. The number of hydrogen-bond acceptors (Lipinski definition) is 4. The maximum Gasteiger partial charge on any atom is 0.193 e. The van der Waals surface area contributed by atoms with E-state index < -0.39 is 0 Å². The number of aromatic nitrogens is 4. The van der Waals surface area contributed by atoms with Crippen molar-refractivity contribution in [3.63, 3.8) is 0 Å². The predicted molar refractivity (Wildman–Crippen MR) is 58.1 cm³/mol. The SMILES string of the molecule is Cc1ccn(-c2nnc(C)c(C)c2C#N)n1. The summed E-state index contributed by atoms with van der Waals surface area (Å²) in [5.41, 5.74) is 3.02. The molecular weight excluding hydrogens is 202 g/mol. The van der Waals surface area contributed by atoms with Gasteiger partial charge in [-0.25, -0.2) is 4.68 Å². The standard InChI is InChI=1S/C11H11N5/c1-7-4-5-16(15-7)11-10(6-12)8(2)9(3)13-14-11/h4-5H,1-3H3. The maximum absolute atomic E-state index is 9.13. The van der Waals surface area contributed by atoms with Gasteiger partial charge in [0.25, 0.3) is 0 Å². The van der Waals surface area contributed by atoms with Crippen molar-refractivity contribution in [3.8, 4) is 11.9 Å². The van der Waals surface area contributed by atoms with Crippen LogP contribution >= 0.6 is 0 Å². The molecular formula is C11H11N5. The highest BCUT2D eigenvalue weighted by Gasteiger charge is 2.12. The van der Waals surface area contributed by atoms with E-state index in [0.717, 1.165) is 17.0 Å². The number of hydrogen-bond donors (Lipinski definition) is 0. The lowest BCUT2D eigenvalue weighted by Gasteiger charge is -2.06. The molecule has 2 heterocycles. The molecule has 0 saturated heterocycles. The lowest BCUT2D eigenvalue weighted by atomic mass is 10.1. The first-order valence-electron chi connectivity index (χ1n) is 4.90. The monoisotopic (exact) mass is 213 g/mol. The van der Waals surface area contributed by atoms with E-state index in [0.29, 0.717) is 11.4 Å². The second-order valence-corrected chi connectivity index (χ2v) is 3.62. The summed E-state index contributed by atoms with van der Waals surface area (Å²) < 4.78 is 1.58. The summed E-state index contributed by atoms with van der Waals surface area (Å²) >= 11 is 0. The Morgan fingerprint density at radius 1 is 1.25 bits per heavy atom. The normalized spacial score (nSPS) is 10.1. The highest BCUT2D eigenvalue weighted by atomic mass is 15.3. The Morgan fingerprint density at radius 2 is 2.00 bits per heavy atom. The van der Waals surface area contributed by atoms with Gasteiger partial charge in [-0.2, -0.15) is 15.5 Å². The largest absolute Gasteiger partial charge is 0.219 e. The molecule has 0 aliphatic carbocycles. The average Bonchev–Trinajstić information content (AvgIpc) is 2.68. The van der Waals surface area contributed by atoms with Gasteiger partial charge in [-0.3, -0.25) is 0 Å². The fraction of sp³-hybridized carbons (Fsp3) is 0.273. The van der Waals surface area contributed by atoms with E-state index in [1.54, 1.807) is 10.9 Å². The highest BCUT2D eigenvalue weighted by molar-refractivity contribution is 5.48. The van der Waals surface area contributed by atoms with Crippen LogP contribution < -0.4 is 0 Å². The molecule has 0 bridgehead atoms. The zero-order valence-corrected chi connectivity index (χ0v) is 9.39. The molecule has 0 atom stereocenters. The van der Waals surface area contributed by atoms with Crippen molar-refractivity contribution in [3.05, 3.63) is 34.8 Å². The van der Waals surface area contributed by atoms with Crippen molar-refractivity contribution in [1.82, 2.24) is 20.0 Å². The molecule has 0 radical (unpaired) electrons. The molecule has 0 aromatic carbocycles. The van der Waals surface area contributed by atoms with Gasteiger partial charge in [0.2, 0.25) is 0 Å². The zero-order valence-electron chi connectivity index (χ0n) is 9.39. The van der Waals surface area contributed by atoms with Crippen molar-refractivity contribution in [2.45, 2.75) is 20.8 Å². The molecule has 2 rings (SSSR count). The molecule has 16 heavy (non-hydrogen) atoms.